The van der Waals surface area contributed by atoms with E-state index in [1.807, 2.05) is 0 Å². The first-order valence-electron chi connectivity index (χ1n) is 4.86. The number of hydrogen-bond acceptors (Lipinski definition) is 4. The number of hydrogen-bond donors (Lipinski definition) is 0. The average Bonchev–Trinajstić information content (AvgIpc) is 2.87. The van der Waals surface area contributed by atoms with Crippen molar-refractivity contribution in [3.63, 3.8) is 0 Å². The van der Waals surface area contributed by atoms with E-state index in [1.165, 1.54) is 22.2 Å². The summed E-state index contributed by atoms with van der Waals surface area (Å²) >= 11 is 6.91. The quantitative estimate of drug-likeness (QED) is 0.633. The fourth-order valence-electron chi connectivity index (χ4n) is 1.36. The largest absolute Gasteiger partial charge is 0.294 e. The van der Waals surface area contributed by atoms with Crippen LogP contribution in [0.1, 0.15) is 26.5 Å². The minimum Gasteiger partial charge on any atom is -0.294 e. The smallest absolute Gasteiger partial charge is 0.180 e. The molecule has 0 N–H and O–H groups in total. The molecule has 0 fully saturated rings. The summed E-state index contributed by atoms with van der Waals surface area (Å²) in [6.45, 7) is 0. The molecule has 17 heavy (non-hydrogen) atoms. The zero-order chi connectivity index (χ0) is 12.4. The molecule has 2 aromatic heterocycles. The first kappa shape index (κ1) is 12.0. The van der Waals surface area contributed by atoms with Gasteiger partial charge in [0.25, 0.3) is 0 Å². The standard InChI is InChI=1S/C11H9ClN2O2S/c1-14-6-7(5-13-14)8(15)4-9(16)10-2-3-11(12)17-10/h2-3,5-6H,4H2,1H3. The van der Waals surface area contributed by atoms with Crippen LogP contribution < -0.4 is 0 Å². The van der Waals surface area contributed by atoms with Gasteiger partial charge in [-0.2, -0.15) is 5.10 Å². The van der Waals surface area contributed by atoms with Crippen molar-refractivity contribution in [2.45, 2.75) is 6.42 Å². The third kappa shape index (κ3) is 2.81. The second kappa shape index (κ2) is 4.81. The Morgan fingerprint density at radius 3 is 2.71 bits per heavy atom. The Morgan fingerprint density at radius 2 is 2.18 bits per heavy atom. The molecule has 0 unspecified atom stereocenters. The van der Waals surface area contributed by atoms with Crippen molar-refractivity contribution < 1.29 is 9.59 Å². The fourth-order valence-corrected chi connectivity index (χ4v) is 2.34. The van der Waals surface area contributed by atoms with Crippen molar-refractivity contribution in [2.24, 2.45) is 7.05 Å². The number of thiophene rings is 1. The summed E-state index contributed by atoms with van der Waals surface area (Å²) < 4.78 is 2.07. The Kier molecular flexibility index (Phi) is 3.40. The maximum Gasteiger partial charge on any atom is 0.180 e. The van der Waals surface area contributed by atoms with Crippen LogP contribution in [-0.2, 0) is 7.05 Å². The number of carbonyl (C=O) groups excluding carboxylic acids is 2. The Hall–Kier alpha value is -1.46. The van der Waals surface area contributed by atoms with Crippen LogP contribution in [0.3, 0.4) is 0 Å². The molecular weight excluding hydrogens is 260 g/mol. The molecule has 0 aliphatic carbocycles. The summed E-state index contributed by atoms with van der Waals surface area (Å²) in [5.41, 5.74) is 0.448. The van der Waals surface area contributed by atoms with E-state index in [0.717, 1.165) is 0 Å². The molecule has 0 aromatic carbocycles. The van der Waals surface area contributed by atoms with Crippen LogP contribution in [0.4, 0.5) is 0 Å². The molecule has 0 aliphatic heterocycles. The summed E-state index contributed by atoms with van der Waals surface area (Å²) in [6.07, 6.45) is 2.90. The lowest BCUT2D eigenvalue weighted by Crippen LogP contribution is -2.06. The van der Waals surface area contributed by atoms with E-state index >= 15 is 0 Å². The van der Waals surface area contributed by atoms with Crippen molar-refractivity contribution in [1.82, 2.24) is 9.78 Å². The first-order chi connectivity index (χ1) is 8.06. The average molecular weight is 269 g/mol. The van der Waals surface area contributed by atoms with Gasteiger partial charge in [0, 0.05) is 13.2 Å². The van der Waals surface area contributed by atoms with Crippen molar-refractivity contribution in [3.05, 3.63) is 39.3 Å². The maximum atomic E-state index is 11.8. The van der Waals surface area contributed by atoms with E-state index in [2.05, 4.69) is 5.10 Å². The molecule has 0 atom stereocenters. The molecule has 0 spiro atoms. The molecule has 0 amide bonds. The lowest BCUT2D eigenvalue weighted by atomic mass is 10.1. The van der Waals surface area contributed by atoms with Crippen molar-refractivity contribution in [2.75, 3.05) is 0 Å². The fraction of sp³-hybridized carbons (Fsp3) is 0.182. The monoisotopic (exact) mass is 268 g/mol. The Morgan fingerprint density at radius 1 is 1.41 bits per heavy atom. The SMILES string of the molecule is Cn1cc(C(=O)CC(=O)c2ccc(Cl)s2)cn1. The molecule has 0 saturated heterocycles. The van der Waals surface area contributed by atoms with Gasteiger partial charge in [-0.05, 0) is 12.1 Å². The maximum absolute atomic E-state index is 11.8. The van der Waals surface area contributed by atoms with Crippen LogP contribution in [0.5, 0.6) is 0 Å². The molecule has 4 nitrogen and oxygen atoms in total. The summed E-state index contributed by atoms with van der Waals surface area (Å²) in [5.74, 6) is -0.441. The highest BCUT2D eigenvalue weighted by Gasteiger charge is 2.16. The zero-order valence-electron chi connectivity index (χ0n) is 9.01. The molecule has 2 aromatic rings. The minimum absolute atomic E-state index is 0.150. The van der Waals surface area contributed by atoms with E-state index in [0.29, 0.717) is 14.8 Å². The molecule has 2 rings (SSSR count). The van der Waals surface area contributed by atoms with Gasteiger partial charge in [0.15, 0.2) is 11.6 Å². The van der Waals surface area contributed by atoms with Crippen LogP contribution >= 0.6 is 22.9 Å². The predicted molar refractivity (Wildman–Crippen MR) is 65.8 cm³/mol. The number of aromatic nitrogens is 2. The molecule has 6 heteroatoms. The van der Waals surface area contributed by atoms with Gasteiger partial charge in [0.2, 0.25) is 0 Å². The van der Waals surface area contributed by atoms with E-state index in [1.54, 1.807) is 25.4 Å². The number of Topliss-reactive ketones (excluding diaryl/α,β-unsaturated/α-hetero) is 2. The second-order valence-corrected chi connectivity index (χ2v) is 5.24. The number of rotatable bonds is 4. The molecule has 0 saturated carbocycles. The highest BCUT2D eigenvalue weighted by atomic mass is 35.5. The summed E-state index contributed by atoms with van der Waals surface area (Å²) in [6, 6.07) is 3.28. The van der Waals surface area contributed by atoms with Crippen molar-refractivity contribution in [3.8, 4) is 0 Å². The summed E-state index contributed by atoms with van der Waals surface area (Å²) in [4.78, 5) is 24.0. The Bertz CT molecular complexity index is 523. The highest BCUT2D eigenvalue weighted by molar-refractivity contribution is 7.18. The normalized spacial score (nSPS) is 10.5. The molecule has 2 heterocycles. The van der Waals surface area contributed by atoms with Crippen molar-refractivity contribution >= 4 is 34.5 Å². The van der Waals surface area contributed by atoms with Crippen molar-refractivity contribution in [1.29, 1.82) is 0 Å². The Labute approximate surface area is 107 Å². The van der Waals surface area contributed by atoms with Gasteiger partial charge in [-0.3, -0.25) is 14.3 Å². The third-order valence-electron chi connectivity index (χ3n) is 2.20. The number of halogens is 1. The number of ketones is 2. The van der Waals surface area contributed by atoms with Gasteiger partial charge < -0.3 is 0 Å². The number of aryl methyl sites for hydroxylation is 1. The third-order valence-corrected chi connectivity index (χ3v) is 3.47. The van der Waals surface area contributed by atoms with Crippen LogP contribution in [0.15, 0.2) is 24.5 Å². The van der Waals surface area contributed by atoms with E-state index in [4.69, 9.17) is 11.6 Å². The van der Waals surface area contributed by atoms with Gasteiger partial charge in [0.05, 0.1) is 27.4 Å². The predicted octanol–water partition coefficient (Wildman–Crippen LogP) is 2.59. The topological polar surface area (TPSA) is 52.0 Å². The van der Waals surface area contributed by atoms with E-state index in [9.17, 15) is 9.59 Å². The summed E-state index contributed by atoms with van der Waals surface area (Å²) in [7, 11) is 1.72. The van der Waals surface area contributed by atoms with Crippen LogP contribution in [-0.4, -0.2) is 21.3 Å². The minimum atomic E-state index is -0.229. The molecule has 88 valence electrons. The van der Waals surface area contributed by atoms with Gasteiger partial charge in [-0.1, -0.05) is 11.6 Å². The number of carbonyl (C=O) groups is 2. The van der Waals surface area contributed by atoms with Crippen LogP contribution in [0.25, 0.3) is 0 Å². The Balaban J connectivity index is 2.07. The second-order valence-electron chi connectivity index (χ2n) is 3.53. The molecule has 0 bridgehead atoms. The highest BCUT2D eigenvalue weighted by Crippen LogP contribution is 2.23. The zero-order valence-corrected chi connectivity index (χ0v) is 10.6. The van der Waals surface area contributed by atoms with E-state index < -0.39 is 0 Å². The van der Waals surface area contributed by atoms with Gasteiger partial charge in [0.1, 0.15) is 0 Å². The van der Waals surface area contributed by atoms with Crippen LogP contribution in [0.2, 0.25) is 4.34 Å². The molecule has 0 aliphatic rings. The van der Waals surface area contributed by atoms with E-state index in [-0.39, 0.29) is 18.0 Å². The van der Waals surface area contributed by atoms with Gasteiger partial charge in [-0.25, -0.2) is 0 Å². The molecule has 0 radical (unpaired) electrons. The summed E-state index contributed by atoms with van der Waals surface area (Å²) in [5, 5.41) is 3.89. The number of nitrogens with zero attached hydrogens (tertiary/aromatic N) is 2. The van der Waals surface area contributed by atoms with Crippen LogP contribution in [0, 0.1) is 0 Å². The lowest BCUT2D eigenvalue weighted by molar-refractivity contribution is 0.0896. The molecular formula is C11H9ClN2O2S. The van der Waals surface area contributed by atoms with Gasteiger partial charge >= 0.3 is 0 Å². The first-order valence-corrected chi connectivity index (χ1v) is 6.06. The van der Waals surface area contributed by atoms with Gasteiger partial charge in [-0.15, -0.1) is 11.3 Å². The lowest BCUT2D eigenvalue weighted by Gasteiger charge is -1.95.